The molecule has 0 aliphatic rings. The monoisotopic (exact) mass is 319 g/mol. The van der Waals surface area contributed by atoms with Crippen molar-refractivity contribution < 1.29 is 24.2 Å². The van der Waals surface area contributed by atoms with Gasteiger partial charge in [-0.3, -0.25) is 0 Å². The van der Waals surface area contributed by atoms with Gasteiger partial charge in [-0.1, -0.05) is 0 Å². The van der Waals surface area contributed by atoms with E-state index in [9.17, 15) is 7.10 Å². The maximum Gasteiger partial charge on any atom is 0 e. The van der Waals surface area contributed by atoms with Crippen LogP contribution in [-0.4, -0.2) is 64.7 Å². The number of hydrogen-bond acceptors (Lipinski definition) is 0. The molecule has 0 N–H and O–H groups in total. The first-order valence-electron chi connectivity index (χ1n) is 0.309. The van der Waals surface area contributed by atoms with Crippen LogP contribution in [0.5, 0.6) is 0 Å². The summed E-state index contributed by atoms with van der Waals surface area (Å²) in [5.41, 5.74) is 0. The van der Waals surface area contributed by atoms with E-state index in [0.29, 0.717) is 0 Å². The topological polar surface area (TPSA) is 0 Å². The minimum Gasteiger partial charge on any atom is 0 e. The summed E-state index contributed by atoms with van der Waals surface area (Å²) >= 11 is -2.12. The summed E-state index contributed by atoms with van der Waals surface area (Å²) in [5.74, 6) is 0. The van der Waals surface area contributed by atoms with E-state index in [4.69, 9.17) is 0 Å². The van der Waals surface area contributed by atoms with E-state index in [1.54, 1.807) is 0 Å². The summed E-state index contributed by atoms with van der Waals surface area (Å²) in [6.07, 6.45) is 0. The van der Waals surface area contributed by atoms with Gasteiger partial charge in [0.1, 0.15) is 0 Å². The number of hydrogen-bond donors (Lipinski definition) is 0. The molecule has 0 rings (SSSR count). The maximum absolute atomic E-state index is 9.69. The predicted octanol–water partition coefficient (Wildman–Crippen LogP) is 0.0763. The van der Waals surface area contributed by atoms with Crippen molar-refractivity contribution in [2.45, 2.75) is 0 Å². The van der Waals surface area contributed by atoms with Crippen molar-refractivity contribution in [3.8, 4) is 0 Å². The van der Waals surface area contributed by atoms with Crippen molar-refractivity contribution in [3.63, 3.8) is 0 Å². The molecule has 3 radical (unpaired) electrons. The van der Waals surface area contributed by atoms with Gasteiger partial charge in [0.2, 0.25) is 0 Å². The van der Waals surface area contributed by atoms with Crippen LogP contribution in [0.2, 0.25) is 0 Å². The zero-order valence-electron chi connectivity index (χ0n) is 2.17. The van der Waals surface area contributed by atoms with Crippen molar-refractivity contribution in [1.82, 2.24) is 0 Å². The second-order valence-corrected chi connectivity index (χ2v) is 0.303. The Labute approximate surface area is 87.1 Å². The molecule has 0 unspecified atom stereocenters. The summed E-state index contributed by atoms with van der Waals surface area (Å²) in [5, 5.41) is 0. The van der Waals surface area contributed by atoms with Crippen LogP contribution in [0.3, 0.4) is 0 Å². The molecule has 0 bridgehead atoms. The van der Waals surface area contributed by atoms with Crippen molar-refractivity contribution in [2.24, 2.45) is 0 Å². The SMILES string of the molecule is F[Se]F.[Ba].[Cu]. The molecule has 0 saturated carbocycles. The molecule has 0 fully saturated rings. The van der Waals surface area contributed by atoms with Gasteiger partial charge in [0.25, 0.3) is 0 Å². The van der Waals surface area contributed by atoms with E-state index in [0.717, 1.165) is 0 Å². The van der Waals surface area contributed by atoms with Crippen molar-refractivity contribution in [2.75, 3.05) is 0 Å². The minimum absolute atomic E-state index is 0. The van der Waals surface area contributed by atoms with Gasteiger partial charge in [-0.05, 0) is 0 Å². The molecule has 0 nitrogen and oxygen atoms in total. The van der Waals surface area contributed by atoms with Crippen LogP contribution in [0.15, 0.2) is 0 Å². The van der Waals surface area contributed by atoms with E-state index in [1.807, 2.05) is 0 Å². The molecule has 0 atom stereocenters. The molecule has 5 heavy (non-hydrogen) atoms. The second-order valence-electron chi connectivity index (χ2n) is 0.0583. The predicted molar refractivity (Wildman–Crippen MR) is 13.7 cm³/mol. The fourth-order valence-electron chi connectivity index (χ4n) is 0. The second kappa shape index (κ2) is 16.1. The average molecular weight is 318 g/mol. The molecule has 0 aliphatic carbocycles. The Balaban J connectivity index is -0.0000000200. The van der Waals surface area contributed by atoms with Crippen LogP contribution in [0.25, 0.3) is 0 Å². The van der Waals surface area contributed by atoms with E-state index in [1.165, 1.54) is 0 Å². The van der Waals surface area contributed by atoms with Gasteiger partial charge in [0.15, 0.2) is 0 Å². The molecule has 0 aromatic rings. The minimum atomic E-state index is -2.12. The molecule has 0 spiro atoms. The molecule has 0 aromatic heterocycles. The third-order valence-corrected chi connectivity index (χ3v) is 0. The van der Waals surface area contributed by atoms with E-state index in [2.05, 4.69) is 0 Å². The Morgan fingerprint density at radius 3 is 1.20 bits per heavy atom. The molecular formula is BaCuF2Se. The maximum atomic E-state index is 9.69. The summed E-state index contributed by atoms with van der Waals surface area (Å²) in [6, 6.07) is 0. The normalized spacial score (nSPS) is 3.60. The molecule has 0 heterocycles. The van der Waals surface area contributed by atoms with Crippen LogP contribution < -0.4 is 0 Å². The first-order valence-corrected chi connectivity index (χ1v) is 1.60. The zero-order chi connectivity index (χ0) is 2.71. The van der Waals surface area contributed by atoms with E-state index >= 15 is 0 Å². The van der Waals surface area contributed by atoms with Crippen molar-refractivity contribution in [1.29, 1.82) is 0 Å². The summed E-state index contributed by atoms with van der Waals surface area (Å²) in [7, 11) is 0. The number of halogens is 2. The molecule has 0 aromatic carbocycles. The number of rotatable bonds is 0. The molecule has 0 amide bonds. The van der Waals surface area contributed by atoms with Gasteiger partial charge in [-0.15, -0.1) is 0 Å². The van der Waals surface area contributed by atoms with Crippen LogP contribution in [0, 0.1) is 0 Å². The fraction of sp³-hybridized carbons (Fsp3) is 0. The molecule has 0 aliphatic heterocycles. The summed E-state index contributed by atoms with van der Waals surface area (Å²) in [4.78, 5) is 0. The summed E-state index contributed by atoms with van der Waals surface area (Å²) < 4.78 is 19.4. The van der Waals surface area contributed by atoms with Crippen molar-refractivity contribution >= 4 is 64.7 Å². The van der Waals surface area contributed by atoms with Gasteiger partial charge in [0, 0.05) is 65.9 Å². The smallest absolute Gasteiger partial charge is 0 e. The van der Waals surface area contributed by atoms with Gasteiger partial charge >= 0.3 is 23.0 Å². The Hall–Kier alpha value is 2.47. The van der Waals surface area contributed by atoms with E-state index < -0.39 is 15.9 Å². The van der Waals surface area contributed by atoms with Gasteiger partial charge < -0.3 is 0 Å². The first kappa shape index (κ1) is 15.6. The van der Waals surface area contributed by atoms with Crippen LogP contribution in [0.4, 0.5) is 7.10 Å². The molecule has 5 heteroatoms. The molecule has 33 valence electrons. The van der Waals surface area contributed by atoms with Gasteiger partial charge in [0.05, 0.1) is 0 Å². The zero-order valence-corrected chi connectivity index (χ0v) is 9.27. The fourth-order valence-corrected chi connectivity index (χ4v) is 0. The third-order valence-electron chi connectivity index (χ3n) is 0. The Morgan fingerprint density at radius 1 is 1.20 bits per heavy atom. The first-order chi connectivity index (χ1) is 1.41. The van der Waals surface area contributed by atoms with Gasteiger partial charge in [-0.25, -0.2) is 0 Å². The van der Waals surface area contributed by atoms with Gasteiger partial charge in [-0.2, -0.15) is 0 Å². The van der Waals surface area contributed by atoms with Crippen molar-refractivity contribution in [3.05, 3.63) is 0 Å². The molecular weight excluding hydrogens is 318 g/mol. The van der Waals surface area contributed by atoms with Crippen LogP contribution in [-0.2, 0) is 17.1 Å². The van der Waals surface area contributed by atoms with Crippen LogP contribution in [0.1, 0.15) is 0 Å². The average Bonchev–Trinajstić information content (AvgIpc) is 0.918. The molecule has 0 saturated heterocycles. The Bertz CT molecular complexity index is 9.61. The third kappa shape index (κ3) is 21.2. The standard InChI is InChI=1S/Ba.Cu.F2Se/c;;1-3-2. The van der Waals surface area contributed by atoms with Crippen LogP contribution >= 0.6 is 0 Å². The quantitative estimate of drug-likeness (QED) is 0.555. The van der Waals surface area contributed by atoms with E-state index in [-0.39, 0.29) is 65.9 Å². The summed E-state index contributed by atoms with van der Waals surface area (Å²) in [6.45, 7) is 0. The Kier molecular flexibility index (Phi) is 50.3. The largest absolute Gasteiger partial charge is 0 e. The Morgan fingerprint density at radius 2 is 1.20 bits per heavy atom.